The number of rotatable bonds is 5. The van der Waals surface area contributed by atoms with Gasteiger partial charge in [-0.2, -0.15) is 0 Å². The average Bonchev–Trinajstić information content (AvgIpc) is 2.62. The SMILES string of the molecule is Cc1cc(C(=O)NCCN2CCOCC2)ccc1N1CCCCS1(=O)=O. The van der Waals surface area contributed by atoms with Gasteiger partial charge in [-0.3, -0.25) is 14.0 Å². The average molecular weight is 381 g/mol. The van der Waals surface area contributed by atoms with E-state index >= 15 is 0 Å². The number of hydrogen-bond donors (Lipinski definition) is 1. The molecule has 1 aromatic rings. The fourth-order valence-electron chi connectivity index (χ4n) is 3.39. The largest absolute Gasteiger partial charge is 0.379 e. The first-order valence-electron chi connectivity index (χ1n) is 9.17. The van der Waals surface area contributed by atoms with E-state index in [0.29, 0.717) is 30.8 Å². The molecule has 2 aliphatic rings. The summed E-state index contributed by atoms with van der Waals surface area (Å²) in [7, 11) is -3.24. The molecule has 0 aromatic heterocycles. The van der Waals surface area contributed by atoms with Crippen molar-refractivity contribution < 1.29 is 17.9 Å². The van der Waals surface area contributed by atoms with Crippen LogP contribution in [0.5, 0.6) is 0 Å². The van der Waals surface area contributed by atoms with E-state index in [0.717, 1.165) is 44.8 Å². The lowest BCUT2D eigenvalue weighted by Gasteiger charge is -2.29. The third-order valence-corrected chi connectivity index (χ3v) is 6.75. The summed E-state index contributed by atoms with van der Waals surface area (Å²) in [5.74, 6) is 0.0605. The highest BCUT2D eigenvalue weighted by Crippen LogP contribution is 2.27. The van der Waals surface area contributed by atoms with Crippen LogP contribution in [0.3, 0.4) is 0 Å². The zero-order valence-electron chi connectivity index (χ0n) is 15.2. The molecule has 26 heavy (non-hydrogen) atoms. The third-order valence-electron chi connectivity index (χ3n) is 4.89. The van der Waals surface area contributed by atoms with Gasteiger partial charge in [-0.1, -0.05) is 0 Å². The summed E-state index contributed by atoms with van der Waals surface area (Å²) in [5, 5.41) is 2.94. The highest BCUT2D eigenvalue weighted by atomic mass is 32.2. The Balaban J connectivity index is 1.60. The van der Waals surface area contributed by atoms with Gasteiger partial charge in [0.15, 0.2) is 0 Å². The summed E-state index contributed by atoms with van der Waals surface area (Å²) < 4.78 is 31.3. The predicted molar refractivity (Wildman–Crippen MR) is 101 cm³/mol. The molecule has 1 aromatic carbocycles. The molecule has 0 radical (unpaired) electrons. The summed E-state index contributed by atoms with van der Waals surface area (Å²) in [5.41, 5.74) is 2.04. The molecule has 0 bridgehead atoms. The number of carbonyl (C=O) groups excluding carboxylic acids is 1. The molecule has 0 saturated carbocycles. The number of hydrogen-bond acceptors (Lipinski definition) is 5. The predicted octanol–water partition coefficient (Wildman–Crippen LogP) is 0.987. The Morgan fingerprint density at radius 3 is 2.65 bits per heavy atom. The minimum atomic E-state index is -3.24. The first-order valence-corrected chi connectivity index (χ1v) is 10.8. The van der Waals surface area contributed by atoms with Gasteiger partial charge >= 0.3 is 0 Å². The molecule has 0 atom stereocenters. The number of morpholine rings is 1. The van der Waals surface area contributed by atoms with Crippen LogP contribution in [0.2, 0.25) is 0 Å². The van der Waals surface area contributed by atoms with Crippen molar-refractivity contribution in [3.63, 3.8) is 0 Å². The highest BCUT2D eigenvalue weighted by molar-refractivity contribution is 7.92. The highest BCUT2D eigenvalue weighted by Gasteiger charge is 2.27. The van der Waals surface area contributed by atoms with E-state index in [-0.39, 0.29) is 11.7 Å². The number of carbonyl (C=O) groups is 1. The number of ether oxygens (including phenoxy) is 1. The summed E-state index contributed by atoms with van der Waals surface area (Å²) in [4.78, 5) is 14.6. The summed E-state index contributed by atoms with van der Waals surface area (Å²) in [6.07, 6.45) is 1.57. The fraction of sp³-hybridized carbons (Fsp3) is 0.611. The number of benzene rings is 1. The van der Waals surface area contributed by atoms with Crippen LogP contribution in [0.15, 0.2) is 18.2 Å². The zero-order chi connectivity index (χ0) is 18.6. The maximum Gasteiger partial charge on any atom is 0.251 e. The minimum absolute atomic E-state index is 0.130. The molecular formula is C18H27N3O4S. The second-order valence-corrected chi connectivity index (χ2v) is 8.82. The summed E-state index contributed by atoms with van der Waals surface area (Å²) in [6, 6.07) is 5.22. The Bertz CT molecular complexity index is 745. The molecule has 144 valence electrons. The Hall–Kier alpha value is -1.64. The molecule has 2 heterocycles. The summed E-state index contributed by atoms with van der Waals surface area (Å²) in [6.45, 7) is 7.03. The van der Waals surface area contributed by atoms with Crippen molar-refractivity contribution in [2.75, 3.05) is 56.0 Å². The fourth-order valence-corrected chi connectivity index (χ4v) is 5.09. The monoisotopic (exact) mass is 381 g/mol. The zero-order valence-corrected chi connectivity index (χ0v) is 16.1. The second kappa shape index (κ2) is 8.37. The maximum atomic E-state index is 12.4. The van der Waals surface area contributed by atoms with E-state index in [9.17, 15) is 13.2 Å². The molecule has 2 saturated heterocycles. The topological polar surface area (TPSA) is 79.0 Å². The van der Waals surface area contributed by atoms with Crippen LogP contribution < -0.4 is 9.62 Å². The minimum Gasteiger partial charge on any atom is -0.379 e. The smallest absolute Gasteiger partial charge is 0.251 e. The second-order valence-electron chi connectivity index (χ2n) is 6.81. The van der Waals surface area contributed by atoms with Gasteiger partial charge in [0.25, 0.3) is 5.91 Å². The first-order chi connectivity index (χ1) is 12.5. The number of nitrogens with zero attached hydrogens (tertiary/aromatic N) is 2. The van der Waals surface area contributed by atoms with Crippen molar-refractivity contribution in [3.05, 3.63) is 29.3 Å². The summed E-state index contributed by atoms with van der Waals surface area (Å²) >= 11 is 0. The standard InChI is InChI=1S/C18H27N3O4S/c1-15-14-16(18(22)19-6-8-20-9-11-25-12-10-20)4-5-17(15)21-7-2-3-13-26(21,23)24/h4-5,14H,2-3,6-13H2,1H3,(H,19,22). The normalized spacial score (nSPS) is 20.7. The number of sulfonamides is 1. The van der Waals surface area contributed by atoms with E-state index in [1.54, 1.807) is 18.2 Å². The van der Waals surface area contributed by atoms with Crippen LogP contribution in [0.25, 0.3) is 0 Å². The molecule has 8 heteroatoms. The van der Waals surface area contributed by atoms with E-state index in [1.165, 1.54) is 4.31 Å². The molecule has 0 spiro atoms. The van der Waals surface area contributed by atoms with Gasteiger partial charge in [-0.25, -0.2) is 8.42 Å². The Labute approximate surface area is 155 Å². The van der Waals surface area contributed by atoms with Gasteiger partial charge < -0.3 is 10.1 Å². The number of anilines is 1. The van der Waals surface area contributed by atoms with Gasteiger partial charge in [-0.05, 0) is 43.5 Å². The van der Waals surface area contributed by atoms with Crippen molar-refractivity contribution in [1.29, 1.82) is 0 Å². The van der Waals surface area contributed by atoms with E-state index < -0.39 is 10.0 Å². The van der Waals surface area contributed by atoms with Crippen molar-refractivity contribution in [3.8, 4) is 0 Å². The van der Waals surface area contributed by atoms with Gasteiger partial charge in [0.1, 0.15) is 0 Å². The van der Waals surface area contributed by atoms with Crippen molar-refractivity contribution in [2.45, 2.75) is 19.8 Å². The Kier molecular flexibility index (Phi) is 6.16. The van der Waals surface area contributed by atoms with Crippen molar-refractivity contribution >= 4 is 21.6 Å². The van der Waals surface area contributed by atoms with Crippen LogP contribution in [-0.2, 0) is 14.8 Å². The lowest BCUT2D eigenvalue weighted by atomic mass is 10.1. The van der Waals surface area contributed by atoms with Crippen LogP contribution in [0.4, 0.5) is 5.69 Å². The molecule has 3 rings (SSSR count). The molecule has 2 fully saturated rings. The van der Waals surface area contributed by atoms with Gasteiger partial charge in [0.2, 0.25) is 10.0 Å². The lowest BCUT2D eigenvalue weighted by molar-refractivity contribution is 0.0383. The van der Waals surface area contributed by atoms with Crippen LogP contribution in [0, 0.1) is 6.92 Å². The first kappa shape index (κ1) is 19.1. The Morgan fingerprint density at radius 2 is 1.96 bits per heavy atom. The van der Waals surface area contributed by atoms with Crippen LogP contribution in [0.1, 0.15) is 28.8 Å². The van der Waals surface area contributed by atoms with Crippen molar-refractivity contribution in [2.24, 2.45) is 0 Å². The van der Waals surface area contributed by atoms with Crippen LogP contribution >= 0.6 is 0 Å². The molecule has 2 aliphatic heterocycles. The Morgan fingerprint density at radius 1 is 1.19 bits per heavy atom. The molecule has 1 amide bonds. The van der Waals surface area contributed by atoms with E-state index in [4.69, 9.17) is 4.74 Å². The van der Waals surface area contributed by atoms with Gasteiger partial charge in [0, 0.05) is 38.3 Å². The molecule has 0 unspecified atom stereocenters. The molecular weight excluding hydrogens is 354 g/mol. The van der Waals surface area contributed by atoms with Gasteiger partial charge in [-0.15, -0.1) is 0 Å². The number of nitrogens with one attached hydrogen (secondary N) is 1. The van der Waals surface area contributed by atoms with E-state index in [2.05, 4.69) is 10.2 Å². The number of amides is 1. The number of aryl methyl sites for hydroxylation is 1. The molecule has 7 nitrogen and oxygen atoms in total. The van der Waals surface area contributed by atoms with Crippen LogP contribution in [-0.4, -0.2) is 70.9 Å². The quantitative estimate of drug-likeness (QED) is 0.823. The maximum absolute atomic E-state index is 12.4. The molecule has 1 N–H and O–H groups in total. The molecule has 0 aliphatic carbocycles. The van der Waals surface area contributed by atoms with E-state index in [1.807, 2.05) is 6.92 Å². The van der Waals surface area contributed by atoms with Gasteiger partial charge in [0.05, 0.1) is 24.7 Å². The lowest BCUT2D eigenvalue weighted by Crippen LogP contribution is -2.41. The third kappa shape index (κ3) is 4.55. The van der Waals surface area contributed by atoms with Crippen molar-refractivity contribution in [1.82, 2.24) is 10.2 Å².